The van der Waals surface area contributed by atoms with Gasteiger partial charge >= 0.3 is 0 Å². The molecule has 0 saturated heterocycles. The molecule has 0 aromatic heterocycles. The van der Waals surface area contributed by atoms with Crippen LogP contribution in [-0.4, -0.2) is 64.3 Å². The van der Waals surface area contributed by atoms with Crippen LogP contribution in [0.5, 0.6) is 0 Å². The van der Waals surface area contributed by atoms with Gasteiger partial charge in [0.25, 0.3) is 0 Å². The van der Waals surface area contributed by atoms with Crippen molar-refractivity contribution in [3.63, 3.8) is 0 Å². The molecule has 2 N–H and O–H groups in total. The van der Waals surface area contributed by atoms with Crippen LogP contribution in [0.1, 0.15) is 13.3 Å². The molecule has 0 heterocycles. The molecule has 0 aromatic carbocycles. The standard InChI is InChI=1S/C13H26N4O/c1-5-8-15-13(14-6-2)16-9-11-17(3)10-7-12-18-4/h1H,6-12H2,2-4H3,(H2,14,15,16). The van der Waals surface area contributed by atoms with Crippen LogP contribution in [0.15, 0.2) is 4.99 Å². The summed E-state index contributed by atoms with van der Waals surface area (Å²) in [6, 6.07) is 0. The number of terminal acetylenes is 1. The minimum atomic E-state index is 0.496. The molecule has 0 aliphatic heterocycles. The van der Waals surface area contributed by atoms with Crippen molar-refractivity contribution in [2.45, 2.75) is 13.3 Å². The Hall–Kier alpha value is -1.25. The first kappa shape index (κ1) is 16.8. The van der Waals surface area contributed by atoms with E-state index in [1.54, 1.807) is 7.11 Å². The lowest BCUT2D eigenvalue weighted by atomic mass is 10.4. The minimum Gasteiger partial charge on any atom is -0.385 e. The predicted molar refractivity (Wildman–Crippen MR) is 76.8 cm³/mol. The maximum absolute atomic E-state index is 5.20. The number of ether oxygens (including phenoxy) is 1. The summed E-state index contributed by atoms with van der Waals surface area (Å²) in [5.74, 6) is 3.31. The quantitative estimate of drug-likeness (QED) is 0.266. The van der Waals surface area contributed by atoms with Crippen molar-refractivity contribution in [2.24, 2.45) is 4.99 Å². The van der Waals surface area contributed by atoms with Crippen molar-refractivity contribution < 1.29 is 4.74 Å². The third-order valence-corrected chi connectivity index (χ3v) is 2.34. The van der Waals surface area contributed by atoms with Gasteiger partial charge in [0.2, 0.25) is 0 Å². The van der Waals surface area contributed by atoms with Gasteiger partial charge in [-0.05, 0) is 20.4 Å². The van der Waals surface area contributed by atoms with E-state index in [0.29, 0.717) is 6.54 Å². The first-order valence-electron chi connectivity index (χ1n) is 6.37. The van der Waals surface area contributed by atoms with Crippen LogP contribution in [0.4, 0.5) is 0 Å². The van der Waals surface area contributed by atoms with Gasteiger partial charge in [-0.15, -0.1) is 6.42 Å². The number of likely N-dealkylation sites (N-methyl/N-ethyl adjacent to an activating group) is 1. The van der Waals surface area contributed by atoms with Crippen LogP contribution in [-0.2, 0) is 4.74 Å². The lowest BCUT2D eigenvalue weighted by Gasteiger charge is -2.15. The number of hydrogen-bond donors (Lipinski definition) is 2. The Morgan fingerprint density at radius 3 is 2.78 bits per heavy atom. The van der Waals surface area contributed by atoms with Crippen LogP contribution in [0.3, 0.4) is 0 Å². The molecular weight excluding hydrogens is 228 g/mol. The number of hydrogen-bond acceptors (Lipinski definition) is 3. The maximum atomic E-state index is 5.20. The molecule has 0 aliphatic carbocycles. The molecule has 0 saturated carbocycles. The minimum absolute atomic E-state index is 0.496. The van der Waals surface area contributed by atoms with E-state index in [4.69, 9.17) is 11.2 Å². The number of methoxy groups -OCH3 is 1. The first-order chi connectivity index (χ1) is 8.74. The van der Waals surface area contributed by atoms with Crippen molar-refractivity contribution in [3.8, 4) is 12.3 Å². The Labute approximate surface area is 111 Å². The first-order valence-corrected chi connectivity index (χ1v) is 6.37. The lowest BCUT2D eigenvalue weighted by Crippen LogP contribution is -2.38. The molecule has 0 amide bonds. The molecule has 0 bridgehead atoms. The number of rotatable bonds is 9. The monoisotopic (exact) mass is 254 g/mol. The van der Waals surface area contributed by atoms with Crippen LogP contribution in [0, 0.1) is 12.3 Å². The van der Waals surface area contributed by atoms with Gasteiger partial charge in [-0.25, -0.2) is 0 Å². The molecule has 0 atom stereocenters. The zero-order valence-electron chi connectivity index (χ0n) is 11.8. The van der Waals surface area contributed by atoms with Gasteiger partial charge in [0.05, 0.1) is 13.1 Å². The molecule has 0 radical (unpaired) electrons. The third kappa shape index (κ3) is 9.94. The van der Waals surface area contributed by atoms with Crippen molar-refractivity contribution >= 4 is 5.96 Å². The normalized spacial score (nSPS) is 11.4. The maximum Gasteiger partial charge on any atom is 0.192 e. The van der Waals surface area contributed by atoms with E-state index >= 15 is 0 Å². The summed E-state index contributed by atoms with van der Waals surface area (Å²) in [5, 5.41) is 6.21. The number of guanidine groups is 1. The van der Waals surface area contributed by atoms with Gasteiger partial charge in [0.15, 0.2) is 5.96 Å². The summed E-state index contributed by atoms with van der Waals surface area (Å²) >= 11 is 0. The van der Waals surface area contributed by atoms with E-state index in [0.717, 1.165) is 45.2 Å². The highest BCUT2D eigenvalue weighted by atomic mass is 16.5. The fourth-order valence-electron chi connectivity index (χ4n) is 1.40. The Morgan fingerprint density at radius 2 is 2.17 bits per heavy atom. The fourth-order valence-corrected chi connectivity index (χ4v) is 1.40. The number of nitrogens with zero attached hydrogens (tertiary/aromatic N) is 2. The van der Waals surface area contributed by atoms with Crippen molar-refractivity contribution in [1.29, 1.82) is 0 Å². The van der Waals surface area contributed by atoms with Crippen LogP contribution >= 0.6 is 0 Å². The molecular formula is C13H26N4O. The molecule has 0 fully saturated rings. The molecule has 5 nitrogen and oxygen atoms in total. The van der Waals surface area contributed by atoms with Crippen molar-refractivity contribution in [2.75, 3.05) is 53.5 Å². The Balaban J connectivity index is 3.82. The van der Waals surface area contributed by atoms with Gasteiger partial charge in [-0.1, -0.05) is 5.92 Å². The highest BCUT2D eigenvalue weighted by molar-refractivity contribution is 5.79. The molecule has 0 aliphatic rings. The molecule has 0 spiro atoms. The second kappa shape index (κ2) is 12.2. The van der Waals surface area contributed by atoms with Crippen LogP contribution in [0.25, 0.3) is 0 Å². The van der Waals surface area contributed by atoms with Gasteiger partial charge in [0, 0.05) is 33.4 Å². The summed E-state index contributed by atoms with van der Waals surface area (Å²) in [5.41, 5.74) is 0. The summed E-state index contributed by atoms with van der Waals surface area (Å²) in [6.07, 6.45) is 6.25. The topological polar surface area (TPSA) is 48.9 Å². The van der Waals surface area contributed by atoms with Gasteiger partial charge < -0.3 is 20.3 Å². The molecule has 0 rings (SSSR count). The third-order valence-electron chi connectivity index (χ3n) is 2.34. The van der Waals surface area contributed by atoms with Crippen LogP contribution in [0.2, 0.25) is 0 Å². The second-order valence-electron chi connectivity index (χ2n) is 3.97. The smallest absolute Gasteiger partial charge is 0.192 e. The second-order valence-corrected chi connectivity index (χ2v) is 3.97. The van der Waals surface area contributed by atoms with Crippen molar-refractivity contribution in [1.82, 2.24) is 15.5 Å². The SMILES string of the molecule is C#CCNC(=NCCN(C)CCCOC)NCC. The van der Waals surface area contributed by atoms with Crippen molar-refractivity contribution in [3.05, 3.63) is 0 Å². The molecule has 5 heteroatoms. The summed E-state index contributed by atoms with van der Waals surface area (Å²) in [7, 11) is 3.82. The average Bonchev–Trinajstić information content (AvgIpc) is 2.36. The number of aliphatic imine (C=N–C) groups is 1. The van der Waals surface area contributed by atoms with Gasteiger partial charge in [-0.2, -0.15) is 0 Å². The molecule has 0 aromatic rings. The van der Waals surface area contributed by atoms with E-state index in [1.165, 1.54) is 0 Å². The lowest BCUT2D eigenvalue weighted by molar-refractivity contribution is 0.180. The van der Waals surface area contributed by atoms with E-state index < -0.39 is 0 Å². The summed E-state index contributed by atoms with van der Waals surface area (Å²) < 4.78 is 5.02. The summed E-state index contributed by atoms with van der Waals surface area (Å²) in [4.78, 5) is 6.69. The zero-order valence-corrected chi connectivity index (χ0v) is 11.8. The number of nitrogens with one attached hydrogen (secondary N) is 2. The zero-order chi connectivity index (χ0) is 13.6. The van der Waals surface area contributed by atoms with E-state index in [1.807, 2.05) is 6.92 Å². The van der Waals surface area contributed by atoms with Crippen LogP contribution < -0.4 is 10.6 Å². The van der Waals surface area contributed by atoms with E-state index in [9.17, 15) is 0 Å². The highest BCUT2D eigenvalue weighted by Gasteiger charge is 1.98. The average molecular weight is 254 g/mol. The Bertz CT molecular complexity index is 260. The highest BCUT2D eigenvalue weighted by Crippen LogP contribution is 1.88. The summed E-state index contributed by atoms with van der Waals surface area (Å²) in [6.45, 7) is 6.87. The Kier molecular flexibility index (Phi) is 11.4. The van der Waals surface area contributed by atoms with Gasteiger partial charge in [-0.3, -0.25) is 4.99 Å². The van der Waals surface area contributed by atoms with E-state index in [2.05, 4.69) is 33.5 Å². The fraction of sp³-hybridized carbons (Fsp3) is 0.769. The Morgan fingerprint density at radius 1 is 1.39 bits per heavy atom. The van der Waals surface area contributed by atoms with Gasteiger partial charge in [0.1, 0.15) is 0 Å². The molecule has 18 heavy (non-hydrogen) atoms. The molecule has 104 valence electrons. The molecule has 0 unspecified atom stereocenters. The van der Waals surface area contributed by atoms with E-state index in [-0.39, 0.29) is 0 Å². The largest absolute Gasteiger partial charge is 0.385 e. The predicted octanol–water partition coefficient (Wildman–Crippen LogP) is 0.143.